The van der Waals surface area contributed by atoms with Crippen LogP contribution in [0.3, 0.4) is 0 Å². The predicted octanol–water partition coefficient (Wildman–Crippen LogP) is 2.49. The highest BCUT2D eigenvalue weighted by Gasteiger charge is 2.23. The topological polar surface area (TPSA) is 78.1 Å². The fourth-order valence-electron chi connectivity index (χ4n) is 3.94. The van der Waals surface area contributed by atoms with Gasteiger partial charge in [0.1, 0.15) is 0 Å². The Hall–Kier alpha value is -2.99. The molecular formula is C22H24N4O2. The molecule has 2 heterocycles. The summed E-state index contributed by atoms with van der Waals surface area (Å²) in [6.07, 6.45) is 1.98. The van der Waals surface area contributed by atoms with Crippen molar-refractivity contribution in [2.45, 2.75) is 32.4 Å². The predicted molar refractivity (Wildman–Crippen MR) is 109 cm³/mol. The lowest BCUT2D eigenvalue weighted by atomic mass is 9.98. The first-order chi connectivity index (χ1) is 13.7. The third kappa shape index (κ3) is 3.55. The number of hydrogen-bond acceptors (Lipinski definition) is 4. The molecule has 144 valence electrons. The van der Waals surface area contributed by atoms with Crippen molar-refractivity contribution in [3.05, 3.63) is 75.7 Å². The van der Waals surface area contributed by atoms with Crippen LogP contribution in [0.25, 0.3) is 10.8 Å². The van der Waals surface area contributed by atoms with Gasteiger partial charge in [-0.3, -0.25) is 14.5 Å². The quantitative estimate of drug-likeness (QED) is 0.717. The molecule has 0 fully saturated rings. The molecular weight excluding hydrogens is 352 g/mol. The minimum Gasteiger partial charge on any atom is -0.349 e. The van der Waals surface area contributed by atoms with Crippen LogP contribution in [0.4, 0.5) is 0 Å². The van der Waals surface area contributed by atoms with Crippen molar-refractivity contribution in [2.75, 3.05) is 13.1 Å². The van der Waals surface area contributed by atoms with Gasteiger partial charge in [-0.1, -0.05) is 49.4 Å². The van der Waals surface area contributed by atoms with E-state index in [0.717, 1.165) is 25.9 Å². The maximum Gasteiger partial charge on any atom is 0.272 e. The van der Waals surface area contributed by atoms with Gasteiger partial charge in [0.2, 0.25) is 0 Å². The molecule has 2 N–H and O–H groups in total. The second-order valence-electron chi connectivity index (χ2n) is 7.21. The first-order valence-electron chi connectivity index (χ1n) is 9.74. The van der Waals surface area contributed by atoms with Crippen molar-refractivity contribution in [1.82, 2.24) is 20.4 Å². The standard InChI is InChI=1S/C22H24N4O2/c1-2-17(26-12-11-15-7-3-4-8-16(15)14-26)13-23-22(28)20-18-9-5-6-10-19(18)21(27)25-24-20/h3-10,17H,2,11-14H2,1H3,(H,23,28)(H,25,27)/t17-/m0/s1. The Balaban J connectivity index is 1.47. The Morgan fingerprint density at radius 1 is 1.14 bits per heavy atom. The fourth-order valence-corrected chi connectivity index (χ4v) is 3.94. The molecule has 0 spiro atoms. The van der Waals surface area contributed by atoms with Gasteiger partial charge in [-0.15, -0.1) is 0 Å². The highest BCUT2D eigenvalue weighted by atomic mass is 16.2. The molecule has 6 nitrogen and oxygen atoms in total. The van der Waals surface area contributed by atoms with Crippen molar-refractivity contribution in [3.8, 4) is 0 Å². The van der Waals surface area contributed by atoms with Crippen LogP contribution in [0.15, 0.2) is 53.3 Å². The van der Waals surface area contributed by atoms with Crippen LogP contribution in [0, 0.1) is 0 Å². The Morgan fingerprint density at radius 2 is 1.86 bits per heavy atom. The van der Waals surface area contributed by atoms with Gasteiger partial charge in [0, 0.05) is 31.1 Å². The van der Waals surface area contributed by atoms with Gasteiger partial charge in [-0.05, 0) is 30.0 Å². The molecule has 28 heavy (non-hydrogen) atoms. The number of amides is 1. The Morgan fingerprint density at radius 3 is 2.64 bits per heavy atom. The largest absolute Gasteiger partial charge is 0.349 e. The second-order valence-corrected chi connectivity index (χ2v) is 7.21. The summed E-state index contributed by atoms with van der Waals surface area (Å²) in [6, 6.07) is 15.8. The van der Waals surface area contributed by atoms with Crippen molar-refractivity contribution in [2.24, 2.45) is 0 Å². The summed E-state index contributed by atoms with van der Waals surface area (Å²) in [5.74, 6) is -0.261. The number of nitrogens with one attached hydrogen (secondary N) is 2. The molecule has 1 aliphatic rings. The van der Waals surface area contributed by atoms with Crippen LogP contribution in [0.2, 0.25) is 0 Å². The molecule has 1 amide bonds. The molecule has 1 atom stereocenters. The number of carbonyl (C=O) groups excluding carboxylic acids is 1. The molecule has 0 radical (unpaired) electrons. The van der Waals surface area contributed by atoms with Crippen molar-refractivity contribution < 1.29 is 4.79 Å². The van der Waals surface area contributed by atoms with Crippen LogP contribution in [-0.4, -0.2) is 40.1 Å². The average Bonchev–Trinajstić information content (AvgIpc) is 2.74. The van der Waals surface area contributed by atoms with E-state index in [9.17, 15) is 9.59 Å². The van der Waals surface area contributed by atoms with Crippen molar-refractivity contribution in [3.63, 3.8) is 0 Å². The van der Waals surface area contributed by atoms with E-state index in [-0.39, 0.29) is 23.2 Å². The smallest absolute Gasteiger partial charge is 0.272 e. The number of H-pyrrole nitrogens is 1. The average molecular weight is 376 g/mol. The molecule has 0 aliphatic carbocycles. The Labute approximate surface area is 163 Å². The fraction of sp³-hybridized carbons (Fsp3) is 0.318. The number of carbonyl (C=O) groups is 1. The number of aromatic nitrogens is 2. The zero-order valence-electron chi connectivity index (χ0n) is 15.9. The summed E-state index contributed by atoms with van der Waals surface area (Å²) >= 11 is 0. The normalized spacial score (nSPS) is 15.2. The van der Waals surface area contributed by atoms with Crippen LogP contribution < -0.4 is 10.9 Å². The number of hydrogen-bond donors (Lipinski definition) is 2. The highest BCUT2D eigenvalue weighted by Crippen LogP contribution is 2.21. The molecule has 1 aromatic heterocycles. The van der Waals surface area contributed by atoms with E-state index in [1.54, 1.807) is 24.3 Å². The Kier molecular flexibility index (Phi) is 5.21. The zero-order chi connectivity index (χ0) is 19.5. The van der Waals surface area contributed by atoms with Crippen LogP contribution in [0.5, 0.6) is 0 Å². The van der Waals surface area contributed by atoms with Crippen LogP contribution in [-0.2, 0) is 13.0 Å². The number of rotatable bonds is 5. The summed E-state index contributed by atoms with van der Waals surface area (Å²) in [7, 11) is 0. The first kappa shape index (κ1) is 18.4. The molecule has 4 rings (SSSR count). The minimum atomic E-state index is -0.287. The third-order valence-electron chi connectivity index (χ3n) is 5.56. The molecule has 0 saturated heterocycles. The van der Waals surface area contributed by atoms with E-state index >= 15 is 0 Å². The molecule has 2 aromatic carbocycles. The van der Waals surface area contributed by atoms with E-state index < -0.39 is 0 Å². The molecule has 0 saturated carbocycles. The Bertz CT molecular complexity index is 1060. The van der Waals surface area contributed by atoms with E-state index in [0.29, 0.717) is 17.3 Å². The molecule has 3 aromatic rings. The molecule has 1 aliphatic heterocycles. The summed E-state index contributed by atoms with van der Waals surface area (Å²) in [5.41, 5.74) is 2.76. The van der Waals surface area contributed by atoms with Gasteiger partial charge in [-0.2, -0.15) is 5.10 Å². The maximum absolute atomic E-state index is 12.8. The number of nitrogens with zero attached hydrogens (tertiary/aromatic N) is 2. The SMILES string of the molecule is CC[C@@H](CNC(=O)c1n[nH]c(=O)c2ccccc12)N1CCc2ccccc2C1. The maximum atomic E-state index is 12.8. The monoisotopic (exact) mass is 376 g/mol. The van der Waals surface area contributed by atoms with Gasteiger partial charge in [0.05, 0.1) is 5.39 Å². The van der Waals surface area contributed by atoms with Crippen molar-refractivity contribution in [1.29, 1.82) is 0 Å². The summed E-state index contributed by atoms with van der Waals surface area (Å²) in [6.45, 7) is 4.59. The van der Waals surface area contributed by atoms with Gasteiger partial charge in [0.25, 0.3) is 11.5 Å². The number of aromatic amines is 1. The zero-order valence-corrected chi connectivity index (χ0v) is 15.9. The highest BCUT2D eigenvalue weighted by molar-refractivity contribution is 6.04. The van der Waals surface area contributed by atoms with E-state index in [1.807, 2.05) is 0 Å². The summed E-state index contributed by atoms with van der Waals surface area (Å²) in [4.78, 5) is 27.1. The van der Waals surface area contributed by atoms with Gasteiger partial charge in [-0.25, -0.2) is 5.10 Å². The lowest BCUT2D eigenvalue weighted by Crippen LogP contribution is -2.45. The molecule has 0 unspecified atom stereocenters. The van der Waals surface area contributed by atoms with E-state index in [1.165, 1.54) is 11.1 Å². The van der Waals surface area contributed by atoms with Gasteiger partial charge in [0.15, 0.2) is 5.69 Å². The van der Waals surface area contributed by atoms with Crippen LogP contribution in [0.1, 0.15) is 35.0 Å². The summed E-state index contributed by atoms with van der Waals surface area (Å²) < 4.78 is 0. The minimum absolute atomic E-state index is 0.256. The van der Waals surface area contributed by atoms with E-state index in [2.05, 4.69) is 51.6 Å². The number of fused-ring (bicyclic) bond motifs is 2. The van der Waals surface area contributed by atoms with Gasteiger partial charge >= 0.3 is 0 Å². The lowest BCUT2D eigenvalue weighted by Gasteiger charge is -2.35. The first-order valence-corrected chi connectivity index (χ1v) is 9.74. The van der Waals surface area contributed by atoms with E-state index in [4.69, 9.17) is 0 Å². The van der Waals surface area contributed by atoms with Crippen LogP contribution >= 0.6 is 0 Å². The lowest BCUT2D eigenvalue weighted by molar-refractivity contribution is 0.0922. The third-order valence-corrected chi connectivity index (χ3v) is 5.56. The van der Waals surface area contributed by atoms with Gasteiger partial charge < -0.3 is 5.32 Å². The second kappa shape index (κ2) is 7.94. The van der Waals surface area contributed by atoms with Crippen molar-refractivity contribution >= 4 is 16.7 Å². The molecule has 6 heteroatoms. The molecule has 0 bridgehead atoms. The number of benzene rings is 2. The summed E-state index contributed by atoms with van der Waals surface area (Å²) in [5, 5.41) is 10.5.